The van der Waals surface area contributed by atoms with Crippen molar-refractivity contribution in [2.45, 2.75) is 39.5 Å². The zero-order valence-corrected chi connectivity index (χ0v) is 12.8. The minimum atomic E-state index is -1.15. The van der Waals surface area contributed by atoms with Crippen molar-refractivity contribution in [2.75, 3.05) is 0 Å². The summed E-state index contributed by atoms with van der Waals surface area (Å²) in [6.07, 6.45) is 3.45. The number of carboxylic acids is 1. The average molecular weight is 309 g/mol. The summed E-state index contributed by atoms with van der Waals surface area (Å²) in [6.45, 7) is 3.65. The Hall–Kier alpha value is -2.31. The Morgan fingerprint density at radius 1 is 1.32 bits per heavy atom. The fourth-order valence-electron chi connectivity index (χ4n) is 2.14. The zero-order chi connectivity index (χ0) is 16.5. The Morgan fingerprint density at radius 3 is 2.59 bits per heavy atom. The van der Waals surface area contributed by atoms with Crippen LogP contribution in [-0.4, -0.2) is 17.8 Å². The summed E-state index contributed by atoms with van der Waals surface area (Å²) in [6, 6.07) is 3.01. The van der Waals surface area contributed by atoms with Gasteiger partial charge in [-0.25, -0.2) is 0 Å². The molecule has 2 N–H and O–H groups in total. The lowest BCUT2D eigenvalue weighted by Crippen LogP contribution is -2.43. The van der Waals surface area contributed by atoms with Crippen LogP contribution in [0.25, 0.3) is 0 Å². The maximum absolute atomic E-state index is 11.8. The van der Waals surface area contributed by atoms with Gasteiger partial charge in [-0.3, -0.25) is 20.4 Å². The van der Waals surface area contributed by atoms with Crippen molar-refractivity contribution >= 4 is 17.8 Å². The molecule has 0 aliphatic carbocycles. The second kappa shape index (κ2) is 8.86. The molecule has 1 heterocycles. The summed E-state index contributed by atoms with van der Waals surface area (Å²) in [5.74, 6) is -3.16. The summed E-state index contributed by atoms with van der Waals surface area (Å²) < 4.78 is 4.87. The number of hydrogen-bond donors (Lipinski definition) is 2. The standard InChI is InChI=1S/C15H22N2O5/c1-3-4-6-11(15(20)21)10(2)9-13(18)16-17-14(19)12-7-5-8-22-12/h5,7-8,10-11H,3-4,6,9H2,1-2H3,(H,16,18)(H,17,19)(H,20,21)/p-1/t10-,11-/m0/s1. The quantitative estimate of drug-likeness (QED) is 0.684. The van der Waals surface area contributed by atoms with E-state index in [1.54, 1.807) is 13.0 Å². The molecule has 0 radical (unpaired) electrons. The van der Waals surface area contributed by atoms with Crippen LogP contribution in [0.3, 0.4) is 0 Å². The number of hydrogen-bond acceptors (Lipinski definition) is 5. The van der Waals surface area contributed by atoms with Gasteiger partial charge in [0.1, 0.15) is 0 Å². The van der Waals surface area contributed by atoms with Gasteiger partial charge in [0, 0.05) is 18.3 Å². The van der Waals surface area contributed by atoms with E-state index in [0.29, 0.717) is 6.42 Å². The number of furan rings is 1. The van der Waals surface area contributed by atoms with E-state index < -0.39 is 23.7 Å². The average Bonchev–Trinajstić information content (AvgIpc) is 2.99. The van der Waals surface area contributed by atoms with Crippen molar-refractivity contribution in [3.05, 3.63) is 24.2 Å². The lowest BCUT2D eigenvalue weighted by atomic mass is 9.87. The number of amides is 2. The molecule has 0 unspecified atom stereocenters. The number of hydrazine groups is 1. The predicted octanol–water partition coefficient (Wildman–Crippen LogP) is 0.623. The highest BCUT2D eigenvalue weighted by molar-refractivity contribution is 5.92. The summed E-state index contributed by atoms with van der Waals surface area (Å²) >= 11 is 0. The molecule has 0 bridgehead atoms. The van der Waals surface area contributed by atoms with Gasteiger partial charge in [0.15, 0.2) is 5.76 Å². The predicted molar refractivity (Wildman–Crippen MR) is 76.1 cm³/mol. The van der Waals surface area contributed by atoms with Gasteiger partial charge in [-0.1, -0.05) is 26.7 Å². The van der Waals surface area contributed by atoms with Crippen LogP contribution in [0.15, 0.2) is 22.8 Å². The smallest absolute Gasteiger partial charge is 0.305 e. The second-order valence-electron chi connectivity index (χ2n) is 5.23. The van der Waals surface area contributed by atoms with Crippen molar-refractivity contribution in [1.29, 1.82) is 0 Å². The van der Waals surface area contributed by atoms with Crippen LogP contribution in [0.5, 0.6) is 0 Å². The van der Waals surface area contributed by atoms with E-state index in [-0.39, 0.29) is 18.1 Å². The number of carbonyl (C=O) groups is 3. The highest BCUT2D eigenvalue weighted by Gasteiger charge is 2.21. The second-order valence-corrected chi connectivity index (χ2v) is 5.23. The Kier molecular flexibility index (Phi) is 7.15. The van der Waals surface area contributed by atoms with Crippen LogP contribution < -0.4 is 16.0 Å². The van der Waals surface area contributed by atoms with Crippen molar-refractivity contribution in [3.8, 4) is 0 Å². The first-order valence-electron chi connectivity index (χ1n) is 7.29. The molecule has 1 aromatic rings. The first-order valence-corrected chi connectivity index (χ1v) is 7.29. The van der Waals surface area contributed by atoms with Gasteiger partial charge in [-0.05, 0) is 24.5 Å². The van der Waals surface area contributed by atoms with Gasteiger partial charge >= 0.3 is 5.91 Å². The van der Waals surface area contributed by atoms with Gasteiger partial charge in [0.25, 0.3) is 0 Å². The molecule has 1 aromatic heterocycles. The van der Waals surface area contributed by atoms with Gasteiger partial charge < -0.3 is 14.3 Å². The number of carbonyl (C=O) groups excluding carboxylic acids is 3. The first kappa shape index (κ1) is 17.7. The van der Waals surface area contributed by atoms with Crippen molar-refractivity contribution < 1.29 is 23.9 Å². The van der Waals surface area contributed by atoms with Gasteiger partial charge in [-0.2, -0.15) is 0 Å². The Bertz CT molecular complexity index is 498. The summed E-state index contributed by atoms with van der Waals surface area (Å²) in [5, 5.41) is 11.1. The Morgan fingerprint density at radius 2 is 2.05 bits per heavy atom. The van der Waals surface area contributed by atoms with Crippen LogP contribution in [0.4, 0.5) is 0 Å². The third-order valence-electron chi connectivity index (χ3n) is 3.43. The fraction of sp³-hybridized carbons (Fsp3) is 0.533. The Balaban J connectivity index is 2.42. The maximum atomic E-state index is 11.8. The van der Waals surface area contributed by atoms with E-state index in [2.05, 4.69) is 10.9 Å². The van der Waals surface area contributed by atoms with E-state index in [9.17, 15) is 19.5 Å². The van der Waals surface area contributed by atoms with E-state index in [1.807, 2.05) is 6.92 Å². The van der Waals surface area contributed by atoms with Crippen LogP contribution >= 0.6 is 0 Å². The molecule has 2 amide bonds. The third kappa shape index (κ3) is 5.59. The molecule has 0 saturated heterocycles. The number of carboxylic acid groups (broad SMARTS) is 1. The summed E-state index contributed by atoms with van der Waals surface area (Å²) in [4.78, 5) is 34.4. The molecular weight excluding hydrogens is 288 g/mol. The number of aliphatic carboxylic acids is 1. The Labute approximate surface area is 129 Å². The molecule has 0 saturated carbocycles. The molecule has 0 spiro atoms. The topological polar surface area (TPSA) is 111 Å². The molecule has 122 valence electrons. The van der Waals surface area contributed by atoms with Crippen molar-refractivity contribution in [3.63, 3.8) is 0 Å². The van der Waals surface area contributed by atoms with E-state index in [0.717, 1.165) is 12.8 Å². The summed E-state index contributed by atoms with van der Waals surface area (Å²) in [7, 11) is 0. The van der Waals surface area contributed by atoms with Crippen molar-refractivity contribution in [1.82, 2.24) is 10.9 Å². The lowest BCUT2D eigenvalue weighted by molar-refractivity contribution is -0.313. The minimum Gasteiger partial charge on any atom is -0.550 e. The molecule has 0 aliphatic rings. The van der Waals surface area contributed by atoms with E-state index in [4.69, 9.17) is 4.42 Å². The number of rotatable bonds is 8. The normalized spacial score (nSPS) is 13.2. The lowest BCUT2D eigenvalue weighted by Gasteiger charge is -2.24. The molecular formula is C15H21N2O5-. The monoisotopic (exact) mass is 309 g/mol. The van der Waals surface area contributed by atoms with E-state index in [1.165, 1.54) is 12.3 Å². The van der Waals surface area contributed by atoms with Gasteiger partial charge in [-0.15, -0.1) is 0 Å². The van der Waals surface area contributed by atoms with Gasteiger partial charge in [0.05, 0.1) is 6.26 Å². The van der Waals surface area contributed by atoms with Crippen molar-refractivity contribution in [2.24, 2.45) is 11.8 Å². The molecule has 7 heteroatoms. The highest BCUT2D eigenvalue weighted by atomic mass is 16.4. The number of nitrogens with one attached hydrogen (secondary N) is 2. The maximum Gasteiger partial charge on any atom is 0.305 e. The molecule has 1 rings (SSSR count). The van der Waals surface area contributed by atoms with E-state index >= 15 is 0 Å². The van der Waals surface area contributed by atoms with Crippen LogP contribution in [-0.2, 0) is 9.59 Å². The highest BCUT2D eigenvalue weighted by Crippen LogP contribution is 2.21. The molecule has 0 fully saturated rings. The largest absolute Gasteiger partial charge is 0.550 e. The fourth-order valence-corrected chi connectivity index (χ4v) is 2.14. The summed E-state index contributed by atoms with van der Waals surface area (Å²) in [5.41, 5.74) is 4.45. The zero-order valence-electron chi connectivity index (χ0n) is 12.8. The molecule has 0 aliphatic heterocycles. The molecule has 22 heavy (non-hydrogen) atoms. The minimum absolute atomic E-state index is 0.0131. The number of unbranched alkanes of at least 4 members (excludes halogenated alkanes) is 1. The van der Waals surface area contributed by atoms with Crippen LogP contribution in [0.1, 0.15) is 50.1 Å². The van der Waals surface area contributed by atoms with Crippen LogP contribution in [0.2, 0.25) is 0 Å². The van der Waals surface area contributed by atoms with Gasteiger partial charge in [0.2, 0.25) is 5.91 Å². The SMILES string of the molecule is CCCC[C@H](C(=O)[O-])[C@@H](C)CC(=O)NNC(=O)c1ccco1. The first-order chi connectivity index (χ1) is 10.5. The van der Waals surface area contributed by atoms with Crippen LogP contribution in [0, 0.1) is 11.8 Å². The molecule has 7 nitrogen and oxygen atoms in total. The third-order valence-corrected chi connectivity index (χ3v) is 3.43. The molecule has 2 atom stereocenters. The molecule has 0 aromatic carbocycles.